The van der Waals surface area contributed by atoms with E-state index in [9.17, 15) is 4.39 Å². The standard InChI is InChI=1S/C14H21FN2S/c1-4-5-8-16-14(18)17-11(3)12-7-6-10(2)13(15)9-12/h6-7,9,11H,4-5,8H2,1-3H3,(H2,16,17,18). The molecule has 1 rings (SSSR count). The van der Waals surface area contributed by atoms with E-state index in [0.717, 1.165) is 24.9 Å². The molecule has 2 nitrogen and oxygen atoms in total. The third-order valence-electron chi connectivity index (χ3n) is 2.86. The van der Waals surface area contributed by atoms with Crippen LogP contribution in [-0.2, 0) is 0 Å². The monoisotopic (exact) mass is 268 g/mol. The van der Waals surface area contributed by atoms with Gasteiger partial charge in [0.25, 0.3) is 0 Å². The molecule has 2 N–H and O–H groups in total. The molecule has 0 aromatic heterocycles. The largest absolute Gasteiger partial charge is 0.363 e. The maximum Gasteiger partial charge on any atom is 0.166 e. The Bertz CT molecular complexity index is 407. The van der Waals surface area contributed by atoms with Crippen molar-refractivity contribution in [2.24, 2.45) is 0 Å². The highest BCUT2D eigenvalue weighted by atomic mass is 32.1. The van der Waals surface area contributed by atoms with Crippen LogP contribution in [0.1, 0.15) is 43.9 Å². The van der Waals surface area contributed by atoms with E-state index in [1.54, 1.807) is 19.1 Å². The average Bonchev–Trinajstić information content (AvgIpc) is 2.33. The van der Waals surface area contributed by atoms with Crippen LogP contribution in [0.5, 0.6) is 0 Å². The number of thiocarbonyl (C=S) groups is 1. The minimum Gasteiger partial charge on any atom is -0.363 e. The Morgan fingerprint density at radius 2 is 2.17 bits per heavy atom. The van der Waals surface area contributed by atoms with Gasteiger partial charge < -0.3 is 10.6 Å². The molecule has 1 unspecified atom stereocenters. The summed E-state index contributed by atoms with van der Waals surface area (Å²) in [6.07, 6.45) is 2.23. The van der Waals surface area contributed by atoms with Gasteiger partial charge in [-0.3, -0.25) is 0 Å². The first-order chi connectivity index (χ1) is 8.54. The topological polar surface area (TPSA) is 24.1 Å². The first-order valence-corrected chi connectivity index (χ1v) is 6.75. The molecule has 1 aromatic rings. The lowest BCUT2D eigenvalue weighted by molar-refractivity contribution is 0.608. The molecular formula is C14H21FN2S. The van der Waals surface area contributed by atoms with Crippen LogP contribution >= 0.6 is 12.2 Å². The molecule has 0 aliphatic heterocycles. The van der Waals surface area contributed by atoms with E-state index in [4.69, 9.17) is 12.2 Å². The highest BCUT2D eigenvalue weighted by Gasteiger charge is 2.08. The van der Waals surface area contributed by atoms with Crippen LogP contribution in [0.15, 0.2) is 18.2 Å². The lowest BCUT2D eigenvalue weighted by atomic mass is 10.1. The molecule has 18 heavy (non-hydrogen) atoms. The zero-order valence-corrected chi connectivity index (χ0v) is 12.0. The number of rotatable bonds is 5. The van der Waals surface area contributed by atoms with Crippen LogP contribution in [0.3, 0.4) is 0 Å². The van der Waals surface area contributed by atoms with Crippen molar-refractivity contribution in [3.8, 4) is 0 Å². The summed E-state index contributed by atoms with van der Waals surface area (Å²) in [7, 11) is 0. The molecule has 0 aliphatic rings. The van der Waals surface area contributed by atoms with Gasteiger partial charge in [0.1, 0.15) is 5.82 Å². The smallest absolute Gasteiger partial charge is 0.166 e. The van der Waals surface area contributed by atoms with Gasteiger partial charge in [-0.2, -0.15) is 0 Å². The highest BCUT2D eigenvalue weighted by Crippen LogP contribution is 2.16. The van der Waals surface area contributed by atoms with Gasteiger partial charge >= 0.3 is 0 Å². The number of nitrogens with one attached hydrogen (secondary N) is 2. The Hall–Kier alpha value is -1.16. The molecule has 0 fully saturated rings. The van der Waals surface area contributed by atoms with Gasteiger partial charge in [0.15, 0.2) is 5.11 Å². The van der Waals surface area contributed by atoms with Crippen molar-refractivity contribution in [3.63, 3.8) is 0 Å². The lowest BCUT2D eigenvalue weighted by Gasteiger charge is -2.17. The van der Waals surface area contributed by atoms with E-state index in [-0.39, 0.29) is 11.9 Å². The summed E-state index contributed by atoms with van der Waals surface area (Å²) >= 11 is 5.19. The Morgan fingerprint density at radius 3 is 2.78 bits per heavy atom. The van der Waals surface area contributed by atoms with Gasteiger partial charge in [-0.25, -0.2) is 4.39 Å². The average molecular weight is 268 g/mol. The second kappa shape index (κ2) is 7.31. The van der Waals surface area contributed by atoms with Crippen molar-refractivity contribution in [3.05, 3.63) is 35.1 Å². The number of hydrogen-bond acceptors (Lipinski definition) is 1. The first kappa shape index (κ1) is 14.9. The van der Waals surface area contributed by atoms with Crippen LogP contribution in [0.2, 0.25) is 0 Å². The van der Waals surface area contributed by atoms with E-state index in [1.165, 1.54) is 0 Å². The first-order valence-electron chi connectivity index (χ1n) is 6.35. The molecule has 1 aromatic carbocycles. The Labute approximate surface area is 114 Å². The summed E-state index contributed by atoms with van der Waals surface area (Å²) in [6, 6.07) is 5.27. The zero-order chi connectivity index (χ0) is 13.5. The van der Waals surface area contributed by atoms with Crippen LogP contribution < -0.4 is 10.6 Å². The number of unbranched alkanes of at least 4 members (excludes halogenated alkanes) is 1. The van der Waals surface area contributed by atoms with E-state index >= 15 is 0 Å². The summed E-state index contributed by atoms with van der Waals surface area (Å²) in [4.78, 5) is 0. The maximum atomic E-state index is 13.4. The molecule has 100 valence electrons. The molecule has 0 saturated heterocycles. The summed E-state index contributed by atoms with van der Waals surface area (Å²) in [5.41, 5.74) is 1.56. The van der Waals surface area contributed by atoms with Crippen molar-refractivity contribution < 1.29 is 4.39 Å². The summed E-state index contributed by atoms with van der Waals surface area (Å²) < 4.78 is 13.4. The van der Waals surface area contributed by atoms with Crippen LogP contribution in [0, 0.1) is 12.7 Å². The summed E-state index contributed by atoms with van der Waals surface area (Å²) in [6.45, 7) is 6.74. The van der Waals surface area contributed by atoms with E-state index < -0.39 is 0 Å². The van der Waals surface area contributed by atoms with E-state index in [2.05, 4.69) is 17.6 Å². The van der Waals surface area contributed by atoms with Gasteiger partial charge in [-0.05, 0) is 49.7 Å². The fraction of sp³-hybridized carbons (Fsp3) is 0.500. The fourth-order valence-corrected chi connectivity index (χ4v) is 1.87. The fourth-order valence-electron chi connectivity index (χ4n) is 1.59. The number of aryl methyl sites for hydroxylation is 1. The molecule has 0 spiro atoms. The third kappa shape index (κ3) is 4.61. The number of halogens is 1. The Balaban J connectivity index is 2.51. The van der Waals surface area contributed by atoms with Gasteiger partial charge in [-0.1, -0.05) is 25.5 Å². The minimum absolute atomic E-state index is 0.00160. The molecular weight excluding hydrogens is 247 g/mol. The van der Waals surface area contributed by atoms with Crippen molar-refractivity contribution in [1.82, 2.24) is 10.6 Å². The normalized spacial score (nSPS) is 12.0. The highest BCUT2D eigenvalue weighted by molar-refractivity contribution is 7.80. The van der Waals surface area contributed by atoms with E-state index in [0.29, 0.717) is 10.7 Å². The molecule has 1 atom stereocenters. The summed E-state index contributed by atoms with van der Waals surface area (Å²) in [5, 5.41) is 6.91. The molecule has 0 radical (unpaired) electrons. The van der Waals surface area contributed by atoms with Crippen molar-refractivity contribution in [1.29, 1.82) is 0 Å². The SMILES string of the molecule is CCCCNC(=S)NC(C)c1ccc(C)c(F)c1. The predicted octanol–water partition coefficient (Wildman–Crippen LogP) is 3.46. The third-order valence-corrected chi connectivity index (χ3v) is 3.12. The minimum atomic E-state index is -0.175. The van der Waals surface area contributed by atoms with E-state index in [1.807, 2.05) is 13.0 Å². The molecule has 0 heterocycles. The lowest BCUT2D eigenvalue weighted by Crippen LogP contribution is -2.37. The predicted molar refractivity (Wildman–Crippen MR) is 78.2 cm³/mol. The number of benzene rings is 1. The Morgan fingerprint density at radius 1 is 1.44 bits per heavy atom. The van der Waals surface area contributed by atoms with Crippen molar-refractivity contribution in [2.45, 2.75) is 39.7 Å². The second-order valence-corrected chi connectivity index (χ2v) is 4.89. The van der Waals surface area contributed by atoms with Crippen LogP contribution in [0.4, 0.5) is 4.39 Å². The van der Waals surface area contributed by atoms with Gasteiger partial charge in [0.05, 0.1) is 6.04 Å². The quantitative estimate of drug-likeness (QED) is 0.632. The second-order valence-electron chi connectivity index (χ2n) is 4.48. The Kier molecular flexibility index (Phi) is 6.05. The van der Waals surface area contributed by atoms with Gasteiger partial charge in [-0.15, -0.1) is 0 Å². The van der Waals surface area contributed by atoms with Crippen molar-refractivity contribution in [2.75, 3.05) is 6.54 Å². The molecule has 0 bridgehead atoms. The number of hydrogen-bond donors (Lipinski definition) is 2. The van der Waals surface area contributed by atoms with Crippen LogP contribution in [0.25, 0.3) is 0 Å². The van der Waals surface area contributed by atoms with Crippen molar-refractivity contribution >= 4 is 17.3 Å². The molecule has 0 saturated carbocycles. The summed E-state index contributed by atoms with van der Waals surface area (Å²) in [5.74, 6) is -0.175. The maximum absolute atomic E-state index is 13.4. The van der Waals surface area contributed by atoms with Crippen LogP contribution in [-0.4, -0.2) is 11.7 Å². The zero-order valence-electron chi connectivity index (χ0n) is 11.2. The molecule has 0 aliphatic carbocycles. The molecule has 4 heteroatoms. The van der Waals surface area contributed by atoms with Gasteiger partial charge in [0.2, 0.25) is 0 Å². The molecule has 0 amide bonds. The van der Waals surface area contributed by atoms with Gasteiger partial charge in [0, 0.05) is 6.54 Å².